The molecule has 0 aliphatic carbocycles. The molecule has 0 radical (unpaired) electrons. The fourth-order valence-electron chi connectivity index (χ4n) is 3.52. The fraction of sp³-hybridized carbons (Fsp3) is 0.250. The highest BCUT2D eigenvalue weighted by Gasteiger charge is 2.19. The number of pyridine rings is 1. The fourth-order valence-corrected chi connectivity index (χ4v) is 4.19. The van der Waals surface area contributed by atoms with E-state index in [9.17, 15) is 8.42 Å². The van der Waals surface area contributed by atoms with E-state index in [-0.39, 0.29) is 10.9 Å². The lowest BCUT2D eigenvalue weighted by atomic mass is 10.1. The van der Waals surface area contributed by atoms with Crippen molar-refractivity contribution in [2.45, 2.75) is 17.4 Å². The summed E-state index contributed by atoms with van der Waals surface area (Å²) in [6.45, 7) is 1.42. The molecule has 0 amide bonds. The maximum Gasteiger partial charge on any atom is 0.247 e. The topological polar surface area (TPSA) is 103 Å². The molecular formula is C20H20N6O3S. The zero-order valence-electron chi connectivity index (χ0n) is 16.3. The minimum atomic E-state index is -3.30. The van der Waals surface area contributed by atoms with Gasteiger partial charge in [0.1, 0.15) is 0 Å². The summed E-state index contributed by atoms with van der Waals surface area (Å²) in [6.07, 6.45) is 5.80. The van der Waals surface area contributed by atoms with E-state index in [1.807, 2.05) is 35.1 Å². The molecule has 1 aliphatic heterocycles. The van der Waals surface area contributed by atoms with Crippen molar-refractivity contribution in [3.63, 3.8) is 0 Å². The van der Waals surface area contributed by atoms with Gasteiger partial charge < -0.3 is 10.1 Å². The van der Waals surface area contributed by atoms with Crippen LogP contribution in [0.25, 0.3) is 16.9 Å². The Morgan fingerprint density at radius 1 is 1.20 bits per heavy atom. The molecule has 10 heteroatoms. The number of rotatable bonds is 5. The van der Waals surface area contributed by atoms with Crippen molar-refractivity contribution >= 4 is 27.1 Å². The maximum absolute atomic E-state index is 11.9. The second kappa shape index (κ2) is 7.22. The highest BCUT2D eigenvalue weighted by atomic mass is 32.2. The second-order valence-corrected chi connectivity index (χ2v) is 9.28. The molecule has 1 atom stereocenters. The lowest BCUT2D eigenvalue weighted by molar-refractivity contribution is 0.184. The first-order chi connectivity index (χ1) is 14.5. The number of benzene rings is 1. The predicted molar refractivity (Wildman–Crippen MR) is 112 cm³/mol. The number of aromatic nitrogens is 5. The van der Waals surface area contributed by atoms with Gasteiger partial charge in [-0.25, -0.2) is 12.9 Å². The Morgan fingerprint density at radius 3 is 2.87 bits per heavy atom. The van der Waals surface area contributed by atoms with Gasteiger partial charge in [0.15, 0.2) is 15.5 Å². The van der Waals surface area contributed by atoms with Gasteiger partial charge in [-0.3, -0.25) is 4.68 Å². The summed E-state index contributed by atoms with van der Waals surface area (Å²) in [5, 5.41) is 12.2. The van der Waals surface area contributed by atoms with Gasteiger partial charge in [0, 0.05) is 24.6 Å². The second-order valence-electron chi connectivity index (χ2n) is 7.27. The molecule has 5 rings (SSSR count). The number of anilines is 2. The van der Waals surface area contributed by atoms with Crippen LogP contribution in [0.5, 0.6) is 0 Å². The Balaban J connectivity index is 1.47. The summed E-state index contributed by atoms with van der Waals surface area (Å²) in [5.41, 5.74) is 2.93. The summed E-state index contributed by atoms with van der Waals surface area (Å²) in [6, 6.07) is 12.7. The molecule has 4 aromatic rings. The van der Waals surface area contributed by atoms with Gasteiger partial charge in [-0.05, 0) is 30.7 Å². The molecule has 1 unspecified atom stereocenters. The summed E-state index contributed by atoms with van der Waals surface area (Å²) in [4.78, 5) is 4.80. The van der Waals surface area contributed by atoms with E-state index in [0.29, 0.717) is 18.2 Å². The van der Waals surface area contributed by atoms with Gasteiger partial charge in [0.2, 0.25) is 5.95 Å². The van der Waals surface area contributed by atoms with E-state index in [4.69, 9.17) is 4.74 Å². The molecule has 9 nitrogen and oxygen atoms in total. The number of sulfone groups is 1. The zero-order chi connectivity index (χ0) is 20.7. The van der Waals surface area contributed by atoms with Gasteiger partial charge in [0.25, 0.3) is 0 Å². The third-order valence-electron chi connectivity index (χ3n) is 5.06. The van der Waals surface area contributed by atoms with Crippen LogP contribution < -0.4 is 5.32 Å². The van der Waals surface area contributed by atoms with Crippen LogP contribution >= 0.6 is 0 Å². The summed E-state index contributed by atoms with van der Waals surface area (Å²) in [7, 11) is -3.30. The number of hydrogen-bond donors (Lipinski definition) is 1. The van der Waals surface area contributed by atoms with Gasteiger partial charge >= 0.3 is 0 Å². The first-order valence-electron chi connectivity index (χ1n) is 9.52. The monoisotopic (exact) mass is 424 g/mol. The summed E-state index contributed by atoms with van der Waals surface area (Å²) < 4.78 is 32.9. The molecule has 30 heavy (non-hydrogen) atoms. The van der Waals surface area contributed by atoms with Crippen molar-refractivity contribution < 1.29 is 13.2 Å². The van der Waals surface area contributed by atoms with Gasteiger partial charge in [-0.2, -0.15) is 10.1 Å². The molecule has 0 spiro atoms. The average Bonchev–Trinajstić information content (AvgIpc) is 3.47. The van der Waals surface area contributed by atoms with E-state index < -0.39 is 9.84 Å². The molecule has 3 aromatic heterocycles. The van der Waals surface area contributed by atoms with Crippen molar-refractivity contribution in [2.75, 3.05) is 24.8 Å². The highest BCUT2D eigenvalue weighted by Crippen LogP contribution is 2.25. The van der Waals surface area contributed by atoms with Crippen LogP contribution in [0, 0.1) is 0 Å². The Kier molecular flexibility index (Phi) is 4.52. The third kappa shape index (κ3) is 3.55. The molecule has 154 valence electrons. The number of fused-ring (bicyclic) bond motifs is 1. The molecule has 0 bridgehead atoms. The number of nitrogens with one attached hydrogen (secondary N) is 1. The van der Waals surface area contributed by atoms with Crippen molar-refractivity contribution in [3.05, 3.63) is 54.9 Å². The standard InChI is InChI=1S/C20H20N6O3S/c1-30(27,28)17-5-2-4-14(10-17)18-6-3-7-19-23-20(24-26(18)19)22-15-11-21-25(12-15)16-8-9-29-13-16/h2-7,10-12,16H,8-9,13H2,1H3,(H,22,24). The van der Waals surface area contributed by atoms with Gasteiger partial charge in [-0.15, -0.1) is 5.10 Å². The minimum absolute atomic E-state index is 0.253. The lowest BCUT2D eigenvalue weighted by Crippen LogP contribution is -2.08. The zero-order valence-corrected chi connectivity index (χ0v) is 17.1. The molecule has 1 fully saturated rings. The van der Waals surface area contributed by atoms with E-state index in [2.05, 4.69) is 20.5 Å². The average molecular weight is 424 g/mol. The molecular weight excluding hydrogens is 404 g/mol. The van der Waals surface area contributed by atoms with Crippen LogP contribution in [0.3, 0.4) is 0 Å². The smallest absolute Gasteiger partial charge is 0.247 e. The quantitative estimate of drug-likeness (QED) is 0.525. The Labute approximate surface area is 173 Å². The normalized spacial score (nSPS) is 16.9. The highest BCUT2D eigenvalue weighted by molar-refractivity contribution is 7.90. The van der Waals surface area contributed by atoms with Crippen molar-refractivity contribution in [1.29, 1.82) is 0 Å². The Hall–Kier alpha value is -3.24. The Bertz CT molecular complexity index is 1320. The van der Waals surface area contributed by atoms with Crippen LogP contribution in [0.2, 0.25) is 0 Å². The third-order valence-corrected chi connectivity index (χ3v) is 6.17. The van der Waals surface area contributed by atoms with Crippen molar-refractivity contribution in [3.8, 4) is 11.3 Å². The van der Waals surface area contributed by atoms with Gasteiger partial charge in [-0.1, -0.05) is 18.2 Å². The van der Waals surface area contributed by atoms with E-state index in [0.717, 1.165) is 30.0 Å². The minimum Gasteiger partial charge on any atom is -0.379 e. The predicted octanol–water partition coefficient (Wildman–Crippen LogP) is 2.70. The Morgan fingerprint density at radius 2 is 2.07 bits per heavy atom. The van der Waals surface area contributed by atoms with E-state index in [1.165, 1.54) is 6.26 Å². The molecule has 0 saturated carbocycles. The first-order valence-corrected chi connectivity index (χ1v) is 11.4. The van der Waals surface area contributed by atoms with Crippen molar-refractivity contribution in [2.24, 2.45) is 0 Å². The van der Waals surface area contributed by atoms with E-state index >= 15 is 0 Å². The van der Waals surface area contributed by atoms with Gasteiger partial charge in [0.05, 0.1) is 35.1 Å². The summed E-state index contributed by atoms with van der Waals surface area (Å²) >= 11 is 0. The van der Waals surface area contributed by atoms with Crippen LogP contribution in [0.15, 0.2) is 59.8 Å². The number of ether oxygens (including phenoxy) is 1. The van der Waals surface area contributed by atoms with Crippen LogP contribution in [-0.2, 0) is 14.6 Å². The molecule has 1 N–H and O–H groups in total. The molecule has 1 saturated heterocycles. The van der Waals surface area contributed by atoms with Crippen LogP contribution in [0.1, 0.15) is 12.5 Å². The largest absolute Gasteiger partial charge is 0.379 e. The number of hydrogen-bond acceptors (Lipinski definition) is 7. The maximum atomic E-state index is 11.9. The number of nitrogens with zero attached hydrogens (tertiary/aromatic N) is 5. The summed E-state index contributed by atoms with van der Waals surface area (Å²) in [5.74, 6) is 0.434. The van der Waals surface area contributed by atoms with Crippen LogP contribution in [0.4, 0.5) is 11.6 Å². The van der Waals surface area contributed by atoms with Crippen molar-refractivity contribution in [1.82, 2.24) is 24.4 Å². The molecule has 1 aromatic carbocycles. The van der Waals surface area contributed by atoms with Crippen LogP contribution in [-0.4, -0.2) is 52.3 Å². The molecule has 4 heterocycles. The molecule has 1 aliphatic rings. The lowest BCUT2D eigenvalue weighted by Gasteiger charge is -2.06. The first kappa shape index (κ1) is 18.8. The SMILES string of the molecule is CS(=O)(=O)c1cccc(-c2cccc3nc(Nc4cnn(C5CCOC5)c4)nn23)c1. The van der Waals surface area contributed by atoms with E-state index in [1.54, 1.807) is 28.9 Å².